The van der Waals surface area contributed by atoms with Crippen molar-refractivity contribution in [2.24, 2.45) is 0 Å². The van der Waals surface area contributed by atoms with Gasteiger partial charge < -0.3 is 5.32 Å². The molecule has 6 nitrogen and oxygen atoms in total. The fourth-order valence-corrected chi connectivity index (χ4v) is 3.55. The smallest absolute Gasteiger partial charge is 0.262 e. The van der Waals surface area contributed by atoms with Gasteiger partial charge in [-0.25, -0.2) is 9.37 Å². The van der Waals surface area contributed by atoms with E-state index in [1.165, 1.54) is 6.07 Å². The fourth-order valence-electron chi connectivity index (χ4n) is 2.65. The number of aromatic nitrogens is 1. The number of hydrogen-bond donors (Lipinski definition) is 1. The second-order valence-corrected chi connectivity index (χ2v) is 6.43. The van der Waals surface area contributed by atoms with Crippen molar-refractivity contribution in [1.29, 1.82) is 0 Å². The first kappa shape index (κ1) is 15.4. The van der Waals surface area contributed by atoms with Crippen LogP contribution in [0.2, 0.25) is 0 Å². The molecule has 124 valence electrons. The van der Waals surface area contributed by atoms with E-state index in [2.05, 4.69) is 10.3 Å². The predicted octanol–water partition coefficient (Wildman–Crippen LogP) is 2.67. The number of fused-ring (bicyclic) bond motifs is 2. The third kappa shape index (κ3) is 2.56. The summed E-state index contributed by atoms with van der Waals surface area (Å²) in [6.07, 6.45) is 0. The standard InChI is InChI=1S/C17H10FN3O3S/c18-11-6-3-7-12-14(11)20-17(25-12)19-13(22)8-21-15(23)9-4-1-2-5-10(9)16(21)24/h1-7H,8H2,(H,19,20,22). The lowest BCUT2D eigenvalue weighted by molar-refractivity contribution is -0.116. The molecule has 0 bridgehead atoms. The maximum Gasteiger partial charge on any atom is 0.262 e. The number of nitrogens with one attached hydrogen (secondary N) is 1. The highest BCUT2D eigenvalue weighted by Crippen LogP contribution is 2.28. The minimum Gasteiger partial charge on any atom is -0.300 e. The number of carbonyl (C=O) groups excluding carboxylic acids is 3. The molecule has 2 heterocycles. The van der Waals surface area contributed by atoms with Gasteiger partial charge in [-0.05, 0) is 24.3 Å². The van der Waals surface area contributed by atoms with Crippen LogP contribution in [0.4, 0.5) is 9.52 Å². The Kier molecular flexibility index (Phi) is 3.54. The lowest BCUT2D eigenvalue weighted by Gasteiger charge is -2.12. The molecule has 25 heavy (non-hydrogen) atoms. The van der Waals surface area contributed by atoms with Crippen molar-refractivity contribution in [3.8, 4) is 0 Å². The average molecular weight is 355 g/mol. The summed E-state index contributed by atoms with van der Waals surface area (Å²) in [5.74, 6) is -2.07. The molecule has 0 unspecified atom stereocenters. The summed E-state index contributed by atoms with van der Waals surface area (Å²) in [5, 5.41) is 2.72. The molecule has 1 aromatic heterocycles. The number of imide groups is 1. The van der Waals surface area contributed by atoms with Crippen LogP contribution in [0.3, 0.4) is 0 Å². The molecule has 0 radical (unpaired) electrons. The normalized spacial score (nSPS) is 13.4. The van der Waals surface area contributed by atoms with Crippen LogP contribution in [0.5, 0.6) is 0 Å². The number of anilines is 1. The summed E-state index contributed by atoms with van der Waals surface area (Å²) in [5.41, 5.74) is 0.730. The van der Waals surface area contributed by atoms with E-state index >= 15 is 0 Å². The summed E-state index contributed by atoms with van der Waals surface area (Å²) >= 11 is 1.12. The van der Waals surface area contributed by atoms with Crippen LogP contribution in [-0.2, 0) is 4.79 Å². The topological polar surface area (TPSA) is 79.4 Å². The molecule has 1 aliphatic rings. The lowest BCUT2D eigenvalue weighted by atomic mass is 10.1. The molecular formula is C17H10FN3O3S. The number of amides is 3. The van der Waals surface area contributed by atoms with Gasteiger partial charge in [0, 0.05) is 0 Å². The van der Waals surface area contributed by atoms with Crippen molar-refractivity contribution >= 4 is 44.4 Å². The first-order chi connectivity index (χ1) is 12.0. The van der Waals surface area contributed by atoms with Gasteiger partial charge in [0.15, 0.2) is 5.13 Å². The molecule has 0 atom stereocenters. The predicted molar refractivity (Wildman–Crippen MR) is 90.0 cm³/mol. The van der Waals surface area contributed by atoms with Crippen LogP contribution < -0.4 is 5.32 Å². The van der Waals surface area contributed by atoms with Gasteiger partial charge in [0.25, 0.3) is 11.8 Å². The minimum atomic E-state index is -0.575. The summed E-state index contributed by atoms with van der Waals surface area (Å²) in [6, 6.07) is 10.9. The number of benzene rings is 2. The van der Waals surface area contributed by atoms with E-state index in [1.54, 1.807) is 36.4 Å². The molecule has 1 N–H and O–H groups in total. The van der Waals surface area contributed by atoms with Gasteiger partial charge in [-0.1, -0.05) is 29.5 Å². The second-order valence-electron chi connectivity index (χ2n) is 5.40. The molecule has 0 saturated heterocycles. The quantitative estimate of drug-likeness (QED) is 0.733. The van der Waals surface area contributed by atoms with Gasteiger partial charge in [0.2, 0.25) is 5.91 Å². The summed E-state index contributed by atoms with van der Waals surface area (Å²) < 4.78 is 14.2. The molecule has 1 aliphatic heterocycles. The monoisotopic (exact) mass is 355 g/mol. The molecule has 0 saturated carbocycles. The Morgan fingerprint density at radius 2 is 1.76 bits per heavy atom. The van der Waals surface area contributed by atoms with Crippen molar-refractivity contribution in [1.82, 2.24) is 9.88 Å². The first-order valence-corrected chi connectivity index (χ1v) is 8.16. The number of nitrogens with zero attached hydrogens (tertiary/aromatic N) is 2. The molecule has 0 aliphatic carbocycles. The zero-order valence-corrected chi connectivity index (χ0v) is 13.5. The van der Waals surface area contributed by atoms with E-state index in [9.17, 15) is 18.8 Å². The zero-order valence-electron chi connectivity index (χ0n) is 12.7. The molecular weight excluding hydrogens is 345 g/mol. The number of hydrogen-bond acceptors (Lipinski definition) is 5. The average Bonchev–Trinajstić information content (AvgIpc) is 3.11. The summed E-state index contributed by atoms with van der Waals surface area (Å²) in [7, 11) is 0. The van der Waals surface area contributed by atoms with Crippen molar-refractivity contribution < 1.29 is 18.8 Å². The van der Waals surface area contributed by atoms with Crippen LogP contribution in [-0.4, -0.2) is 34.2 Å². The largest absolute Gasteiger partial charge is 0.300 e. The third-order valence-corrected chi connectivity index (χ3v) is 4.73. The number of carbonyl (C=O) groups is 3. The number of thiazole rings is 1. The molecule has 3 aromatic rings. The Bertz CT molecular complexity index is 1010. The molecule has 0 spiro atoms. The minimum absolute atomic E-state index is 0.170. The maximum absolute atomic E-state index is 13.7. The Balaban J connectivity index is 1.52. The highest BCUT2D eigenvalue weighted by molar-refractivity contribution is 7.22. The van der Waals surface area contributed by atoms with E-state index in [4.69, 9.17) is 0 Å². The van der Waals surface area contributed by atoms with Crippen molar-refractivity contribution in [3.63, 3.8) is 0 Å². The Morgan fingerprint density at radius 1 is 1.08 bits per heavy atom. The zero-order chi connectivity index (χ0) is 17.6. The SMILES string of the molecule is O=C(CN1C(=O)c2ccccc2C1=O)Nc1nc2c(F)cccc2s1. The number of para-hydroxylation sites is 1. The Morgan fingerprint density at radius 3 is 2.40 bits per heavy atom. The molecule has 3 amide bonds. The highest BCUT2D eigenvalue weighted by Gasteiger charge is 2.36. The van der Waals surface area contributed by atoms with Crippen LogP contribution in [0, 0.1) is 5.82 Å². The van der Waals surface area contributed by atoms with Gasteiger partial charge >= 0.3 is 0 Å². The van der Waals surface area contributed by atoms with Crippen LogP contribution in [0.1, 0.15) is 20.7 Å². The third-order valence-electron chi connectivity index (χ3n) is 3.80. The van der Waals surface area contributed by atoms with E-state index in [1.807, 2.05) is 0 Å². The molecule has 0 fully saturated rings. The van der Waals surface area contributed by atoms with Gasteiger partial charge in [-0.2, -0.15) is 0 Å². The van der Waals surface area contributed by atoms with E-state index in [0.717, 1.165) is 16.2 Å². The summed E-state index contributed by atoms with van der Waals surface area (Å²) in [4.78, 5) is 41.6. The van der Waals surface area contributed by atoms with Crippen molar-refractivity contribution in [2.75, 3.05) is 11.9 Å². The van der Waals surface area contributed by atoms with Crippen LogP contribution >= 0.6 is 11.3 Å². The van der Waals surface area contributed by atoms with E-state index < -0.39 is 30.1 Å². The molecule has 8 heteroatoms. The van der Waals surface area contributed by atoms with Crippen molar-refractivity contribution in [3.05, 3.63) is 59.4 Å². The van der Waals surface area contributed by atoms with Gasteiger partial charge in [0.1, 0.15) is 17.9 Å². The van der Waals surface area contributed by atoms with Gasteiger partial charge in [0.05, 0.1) is 15.8 Å². The van der Waals surface area contributed by atoms with E-state index in [0.29, 0.717) is 4.70 Å². The Labute approximate surface area is 144 Å². The maximum atomic E-state index is 13.7. The van der Waals surface area contributed by atoms with Crippen LogP contribution in [0.15, 0.2) is 42.5 Å². The number of halogens is 1. The van der Waals surface area contributed by atoms with Crippen LogP contribution in [0.25, 0.3) is 10.2 Å². The second kappa shape index (κ2) is 5.75. The highest BCUT2D eigenvalue weighted by atomic mass is 32.1. The summed E-state index contributed by atoms with van der Waals surface area (Å²) in [6.45, 7) is -0.426. The van der Waals surface area contributed by atoms with Gasteiger partial charge in [-0.15, -0.1) is 0 Å². The number of rotatable bonds is 3. The van der Waals surface area contributed by atoms with Crippen molar-refractivity contribution in [2.45, 2.75) is 0 Å². The van der Waals surface area contributed by atoms with Gasteiger partial charge in [-0.3, -0.25) is 19.3 Å². The molecule has 4 rings (SSSR count). The fraction of sp³-hybridized carbons (Fsp3) is 0.0588. The first-order valence-electron chi connectivity index (χ1n) is 7.35. The molecule has 2 aromatic carbocycles. The van der Waals surface area contributed by atoms with E-state index in [-0.39, 0.29) is 21.8 Å². The lowest BCUT2D eigenvalue weighted by Crippen LogP contribution is -2.37. The Hall–Kier alpha value is -3.13.